The van der Waals surface area contributed by atoms with Crippen LogP contribution < -0.4 is 28.7 Å². The summed E-state index contributed by atoms with van der Waals surface area (Å²) in [6.07, 6.45) is 0. The number of ether oxygens (including phenoxy) is 1. The topological polar surface area (TPSA) is 82.0 Å². The minimum absolute atomic E-state index is 0. The Kier molecular flexibility index (Phi) is 6.37. The molecule has 5 nitrogen and oxygen atoms in total. The zero-order chi connectivity index (χ0) is 11.4. The van der Waals surface area contributed by atoms with Gasteiger partial charge in [-0.15, -0.1) is 0 Å². The van der Waals surface area contributed by atoms with Crippen molar-refractivity contribution in [3.63, 3.8) is 0 Å². The summed E-state index contributed by atoms with van der Waals surface area (Å²) in [5, 5.41) is 10.7. The van der Waals surface area contributed by atoms with Gasteiger partial charge in [0, 0.05) is 6.07 Å². The molecule has 16 heavy (non-hydrogen) atoms. The van der Waals surface area contributed by atoms with Gasteiger partial charge in [-0.3, -0.25) is 4.99 Å². The van der Waals surface area contributed by atoms with Gasteiger partial charge in [-0.05, 0) is 25.0 Å². The summed E-state index contributed by atoms with van der Waals surface area (Å²) < 4.78 is 24.6. The Morgan fingerprint density at radius 3 is 2.56 bits per heavy atom. The van der Waals surface area contributed by atoms with Crippen LogP contribution in [0.1, 0.15) is 6.92 Å². The Labute approximate surface area is 108 Å². The molecule has 1 atom stereocenters. The number of rotatable bonds is 3. The molecule has 0 heterocycles. The predicted octanol–water partition coefficient (Wildman–Crippen LogP) is -2.31. The number of nitrogens with zero attached hydrogens (tertiary/aromatic N) is 1. The first-order valence-electron chi connectivity index (χ1n) is 4.05. The normalized spacial score (nSPS) is 12.8. The zero-order valence-electron chi connectivity index (χ0n) is 9.26. The van der Waals surface area contributed by atoms with Crippen molar-refractivity contribution in [3.8, 4) is 5.75 Å². The smallest absolute Gasteiger partial charge is 0.862 e. The average Bonchev–Trinajstić information content (AvgIpc) is 2.16. The fraction of sp³-hybridized carbons (Fsp3) is 0.222. The number of hydrogen-bond acceptors (Lipinski definition) is 4. The molecule has 1 rings (SSSR count). The van der Waals surface area contributed by atoms with Gasteiger partial charge in [0.15, 0.2) is 11.1 Å². The second-order valence-electron chi connectivity index (χ2n) is 2.75. The maximum absolute atomic E-state index is 10.8. The van der Waals surface area contributed by atoms with Crippen molar-refractivity contribution < 1.29 is 37.5 Å². The molecule has 0 aliphatic carbocycles. The number of benzene rings is 1. The molecule has 0 spiro atoms. The molecule has 0 saturated heterocycles. The van der Waals surface area contributed by atoms with Crippen LogP contribution in [0.2, 0.25) is 0 Å². The van der Waals surface area contributed by atoms with Gasteiger partial charge < -0.3 is 14.4 Å². The van der Waals surface area contributed by atoms with E-state index < -0.39 is 11.1 Å². The molecule has 0 radical (unpaired) electrons. The fourth-order valence-electron chi connectivity index (χ4n) is 1.02. The Balaban J connectivity index is 0.00000225. The summed E-state index contributed by atoms with van der Waals surface area (Å²) in [7, 11) is 1.43. The van der Waals surface area contributed by atoms with Gasteiger partial charge in [-0.1, -0.05) is 0 Å². The van der Waals surface area contributed by atoms with Crippen LogP contribution >= 0.6 is 0 Å². The molecule has 1 N–H and O–H groups in total. The van der Waals surface area contributed by atoms with Crippen LogP contribution in [0.3, 0.4) is 0 Å². The maximum atomic E-state index is 10.8. The molecule has 7 heteroatoms. The van der Waals surface area contributed by atoms with Crippen LogP contribution in [0.15, 0.2) is 28.1 Å². The number of methoxy groups -OCH3 is 1. The van der Waals surface area contributed by atoms with E-state index in [1.54, 1.807) is 0 Å². The van der Waals surface area contributed by atoms with Crippen LogP contribution in [0.25, 0.3) is 0 Å². The van der Waals surface area contributed by atoms with Crippen molar-refractivity contribution in [2.24, 2.45) is 4.99 Å². The van der Waals surface area contributed by atoms with E-state index in [1.807, 2.05) is 0 Å². The van der Waals surface area contributed by atoms with E-state index in [0.717, 1.165) is 0 Å². The summed E-state index contributed by atoms with van der Waals surface area (Å²) in [5.41, 5.74) is 0.305. The molecule has 1 unspecified atom stereocenters. The average molecular weight is 235 g/mol. The predicted molar refractivity (Wildman–Crippen MR) is 54.8 cm³/mol. The number of aliphatic imine (C=N–C) groups is 1. The largest absolute Gasteiger partial charge is 1.00 e. The van der Waals surface area contributed by atoms with Crippen molar-refractivity contribution in [1.82, 2.24) is 0 Å². The molecule has 0 aliphatic heterocycles. The molecule has 0 fully saturated rings. The van der Waals surface area contributed by atoms with Gasteiger partial charge in [0.2, 0.25) is 0 Å². The summed E-state index contributed by atoms with van der Waals surface area (Å²) in [6.45, 7) is 1.30. The molecule has 1 aromatic carbocycles. The molecule has 0 aromatic heterocycles. The third-order valence-corrected chi connectivity index (χ3v) is 2.23. The Bertz CT molecular complexity index is 418. The Hall–Kier alpha value is -0.803. The van der Waals surface area contributed by atoms with E-state index in [0.29, 0.717) is 11.4 Å². The summed E-state index contributed by atoms with van der Waals surface area (Å²) >= 11 is -2.12. The summed E-state index contributed by atoms with van der Waals surface area (Å²) in [6, 6.07) is 4.28. The van der Waals surface area contributed by atoms with E-state index in [-0.39, 0.29) is 29.7 Å². The van der Waals surface area contributed by atoms with Crippen molar-refractivity contribution in [2.75, 3.05) is 7.11 Å². The van der Waals surface area contributed by atoms with Gasteiger partial charge in [0.1, 0.15) is 5.75 Å². The third kappa shape index (κ3) is 4.37. The first kappa shape index (κ1) is 15.2. The zero-order valence-corrected chi connectivity index (χ0v) is 10.1. The van der Waals surface area contributed by atoms with Crippen LogP contribution in [0, 0.1) is 0 Å². The second-order valence-corrected chi connectivity index (χ2v) is 3.72. The van der Waals surface area contributed by atoms with Crippen LogP contribution in [-0.2, 0) is 11.1 Å². The van der Waals surface area contributed by atoms with Gasteiger partial charge >= 0.3 is 18.9 Å². The van der Waals surface area contributed by atoms with Crippen molar-refractivity contribution >= 4 is 22.7 Å². The minimum atomic E-state index is -2.12. The van der Waals surface area contributed by atoms with Crippen molar-refractivity contribution in [1.29, 1.82) is 0 Å². The van der Waals surface area contributed by atoms with E-state index >= 15 is 0 Å². The van der Waals surface area contributed by atoms with E-state index in [2.05, 4.69) is 4.99 Å². The molecule has 0 amide bonds. The fourth-order valence-corrected chi connectivity index (χ4v) is 1.46. The molecule has 82 valence electrons. The first-order chi connectivity index (χ1) is 7.02. The minimum Gasteiger partial charge on any atom is -0.862 e. The summed E-state index contributed by atoms with van der Waals surface area (Å²) in [4.78, 5) is 3.79. The van der Waals surface area contributed by atoms with E-state index in [4.69, 9.17) is 9.29 Å². The SMILES string of the molecule is COc1cc(N=C(C)[O-])cc(S(=O)O)c1.[Li+]. The van der Waals surface area contributed by atoms with Crippen LogP contribution in [0.5, 0.6) is 5.75 Å². The third-order valence-electron chi connectivity index (χ3n) is 1.59. The number of hydrogen-bond donors (Lipinski definition) is 1. The van der Waals surface area contributed by atoms with E-state index in [1.165, 1.54) is 32.2 Å². The molecule has 1 aromatic rings. The second kappa shape index (κ2) is 6.71. The van der Waals surface area contributed by atoms with Crippen LogP contribution in [0.4, 0.5) is 5.69 Å². The van der Waals surface area contributed by atoms with Crippen molar-refractivity contribution in [3.05, 3.63) is 18.2 Å². The Morgan fingerprint density at radius 1 is 1.50 bits per heavy atom. The molecular formula is C9H10LiNO4S. The molecule has 0 bridgehead atoms. The summed E-state index contributed by atoms with van der Waals surface area (Å²) in [5.74, 6) is 0.00725. The van der Waals surface area contributed by atoms with Crippen molar-refractivity contribution in [2.45, 2.75) is 11.8 Å². The first-order valence-corrected chi connectivity index (χ1v) is 5.16. The molecular weight excluding hydrogens is 225 g/mol. The van der Waals surface area contributed by atoms with Gasteiger partial charge in [-0.2, -0.15) is 0 Å². The molecule has 0 saturated carbocycles. The van der Waals surface area contributed by atoms with Gasteiger partial charge in [0.05, 0.1) is 17.7 Å². The van der Waals surface area contributed by atoms with Gasteiger partial charge in [-0.25, -0.2) is 4.21 Å². The van der Waals surface area contributed by atoms with Gasteiger partial charge in [0.25, 0.3) is 0 Å². The quantitative estimate of drug-likeness (QED) is 0.276. The molecule has 0 aliphatic rings. The van der Waals surface area contributed by atoms with E-state index in [9.17, 15) is 9.32 Å². The van der Waals surface area contributed by atoms with Crippen LogP contribution in [-0.4, -0.2) is 21.8 Å². The standard InChI is InChI=1S/C9H11NO4S.Li/c1-6(11)10-7-3-8(14-2)5-9(4-7)15(12)13;/h3-5H,1-2H3,(H,10,11)(H,12,13);/q;+1/p-1. The monoisotopic (exact) mass is 235 g/mol. The Morgan fingerprint density at radius 2 is 2.12 bits per heavy atom. The maximum Gasteiger partial charge on any atom is 1.00 e.